The van der Waals surface area contributed by atoms with Crippen LogP contribution < -0.4 is 0 Å². The summed E-state index contributed by atoms with van der Waals surface area (Å²) >= 11 is 0. The third-order valence-corrected chi connectivity index (χ3v) is 4.33. The van der Waals surface area contributed by atoms with Crippen molar-refractivity contribution in [3.05, 3.63) is 11.6 Å². The molecular weight excluding hydrogens is 222 g/mol. The van der Waals surface area contributed by atoms with Gasteiger partial charge in [0.25, 0.3) is 0 Å². The number of likely N-dealkylation sites (tertiary alicyclic amines) is 1. The summed E-state index contributed by atoms with van der Waals surface area (Å²) in [6.45, 7) is 5.63. The van der Waals surface area contributed by atoms with Crippen LogP contribution in [0.2, 0.25) is 0 Å². The number of Topliss-reactive ketones (excluding diaryl/α,β-unsaturated/α-hetero) is 1. The second kappa shape index (κ2) is 7.08. The Morgan fingerprint density at radius 2 is 2.06 bits per heavy atom. The van der Waals surface area contributed by atoms with Gasteiger partial charge in [0.1, 0.15) is 0 Å². The standard InChI is InChI=1S/C16H27NO/c1-2-3-5-8-14-9-10-15(16(14)18)13-17-11-6-4-7-12-17/h8,15H,2-7,9-13H2,1H3/b14-8+/t15-/m0/s1. The molecule has 0 spiro atoms. The SMILES string of the molecule is CCCC/C=C1\CC[C@@H](CN2CCCCC2)C1=O. The average Bonchev–Trinajstić information content (AvgIpc) is 2.73. The molecule has 18 heavy (non-hydrogen) atoms. The summed E-state index contributed by atoms with van der Waals surface area (Å²) < 4.78 is 0. The first-order valence-corrected chi connectivity index (χ1v) is 7.77. The first-order valence-electron chi connectivity index (χ1n) is 7.77. The number of ketones is 1. The van der Waals surface area contributed by atoms with Gasteiger partial charge >= 0.3 is 0 Å². The summed E-state index contributed by atoms with van der Waals surface area (Å²) in [5.41, 5.74) is 1.13. The third kappa shape index (κ3) is 3.68. The normalized spacial score (nSPS) is 28.2. The van der Waals surface area contributed by atoms with Crippen molar-refractivity contribution in [3.8, 4) is 0 Å². The Hall–Kier alpha value is -0.630. The lowest BCUT2D eigenvalue weighted by molar-refractivity contribution is -0.118. The highest BCUT2D eigenvalue weighted by Crippen LogP contribution is 2.28. The Labute approximate surface area is 111 Å². The average molecular weight is 249 g/mol. The second-order valence-electron chi connectivity index (χ2n) is 5.83. The molecular formula is C16H27NO. The molecule has 0 radical (unpaired) electrons. The molecule has 2 fully saturated rings. The van der Waals surface area contributed by atoms with Gasteiger partial charge in [-0.05, 0) is 50.8 Å². The van der Waals surface area contributed by atoms with Crippen molar-refractivity contribution < 1.29 is 4.79 Å². The van der Waals surface area contributed by atoms with E-state index in [1.54, 1.807) is 0 Å². The molecule has 0 N–H and O–H groups in total. The summed E-state index contributed by atoms with van der Waals surface area (Å²) in [5.74, 6) is 0.757. The molecule has 0 unspecified atom stereocenters. The molecule has 1 atom stereocenters. The maximum Gasteiger partial charge on any atom is 0.162 e. The van der Waals surface area contributed by atoms with Gasteiger partial charge < -0.3 is 4.90 Å². The summed E-state index contributed by atoms with van der Waals surface area (Å²) in [4.78, 5) is 14.8. The van der Waals surface area contributed by atoms with Gasteiger partial charge in [0.05, 0.1) is 0 Å². The van der Waals surface area contributed by atoms with Crippen molar-refractivity contribution in [2.45, 2.75) is 58.3 Å². The van der Waals surface area contributed by atoms with E-state index in [9.17, 15) is 4.79 Å². The number of carbonyl (C=O) groups is 1. The molecule has 1 aliphatic heterocycles. The second-order valence-corrected chi connectivity index (χ2v) is 5.83. The van der Waals surface area contributed by atoms with Crippen LogP contribution in [-0.2, 0) is 4.79 Å². The summed E-state index contributed by atoms with van der Waals surface area (Å²) in [6.07, 6.45) is 11.9. The first kappa shape index (κ1) is 13.8. The van der Waals surface area contributed by atoms with Gasteiger partial charge in [-0.1, -0.05) is 32.3 Å². The smallest absolute Gasteiger partial charge is 0.162 e. The maximum absolute atomic E-state index is 12.3. The predicted octanol–water partition coefficient (Wildman–Crippen LogP) is 3.57. The highest BCUT2D eigenvalue weighted by atomic mass is 16.1. The van der Waals surface area contributed by atoms with E-state index in [1.165, 1.54) is 45.2 Å². The fourth-order valence-corrected chi connectivity index (χ4v) is 3.16. The van der Waals surface area contributed by atoms with Crippen molar-refractivity contribution in [3.63, 3.8) is 0 Å². The van der Waals surface area contributed by atoms with Gasteiger partial charge in [-0.15, -0.1) is 0 Å². The molecule has 0 bridgehead atoms. The zero-order chi connectivity index (χ0) is 12.8. The third-order valence-electron chi connectivity index (χ3n) is 4.33. The van der Waals surface area contributed by atoms with E-state index in [0.717, 1.165) is 31.4 Å². The van der Waals surface area contributed by atoms with Crippen LogP contribution >= 0.6 is 0 Å². The van der Waals surface area contributed by atoms with E-state index in [2.05, 4.69) is 17.9 Å². The Morgan fingerprint density at radius 3 is 2.78 bits per heavy atom. The van der Waals surface area contributed by atoms with Crippen LogP contribution in [0.3, 0.4) is 0 Å². The van der Waals surface area contributed by atoms with E-state index >= 15 is 0 Å². The highest BCUT2D eigenvalue weighted by molar-refractivity contribution is 5.99. The molecule has 0 aromatic carbocycles. The molecule has 1 saturated carbocycles. The van der Waals surface area contributed by atoms with Crippen LogP contribution in [0.15, 0.2) is 11.6 Å². The maximum atomic E-state index is 12.3. The molecule has 1 saturated heterocycles. The molecule has 1 aliphatic carbocycles. The number of carbonyl (C=O) groups excluding carboxylic acids is 1. The van der Waals surface area contributed by atoms with E-state index in [-0.39, 0.29) is 0 Å². The zero-order valence-electron chi connectivity index (χ0n) is 11.8. The summed E-state index contributed by atoms with van der Waals surface area (Å²) in [7, 11) is 0. The van der Waals surface area contributed by atoms with Gasteiger partial charge in [0.2, 0.25) is 0 Å². The Bertz CT molecular complexity index is 302. The fourth-order valence-electron chi connectivity index (χ4n) is 3.16. The number of hydrogen-bond donors (Lipinski definition) is 0. The van der Waals surface area contributed by atoms with Gasteiger partial charge in [-0.2, -0.15) is 0 Å². The Balaban J connectivity index is 1.80. The Kier molecular flexibility index (Phi) is 5.43. The van der Waals surface area contributed by atoms with Gasteiger partial charge in [0.15, 0.2) is 5.78 Å². The largest absolute Gasteiger partial charge is 0.303 e. The zero-order valence-corrected chi connectivity index (χ0v) is 11.8. The van der Waals surface area contributed by atoms with E-state index < -0.39 is 0 Å². The van der Waals surface area contributed by atoms with Crippen LogP contribution in [-0.4, -0.2) is 30.3 Å². The number of piperidine rings is 1. The molecule has 1 heterocycles. The van der Waals surface area contributed by atoms with Gasteiger partial charge in [-0.3, -0.25) is 4.79 Å². The molecule has 2 heteroatoms. The quantitative estimate of drug-likeness (QED) is 0.548. The molecule has 0 amide bonds. The fraction of sp³-hybridized carbons (Fsp3) is 0.812. The molecule has 102 valence electrons. The minimum Gasteiger partial charge on any atom is -0.303 e. The van der Waals surface area contributed by atoms with Gasteiger partial charge in [0, 0.05) is 12.5 Å². The Morgan fingerprint density at radius 1 is 1.28 bits per heavy atom. The number of hydrogen-bond acceptors (Lipinski definition) is 2. The molecule has 0 aromatic heterocycles. The van der Waals surface area contributed by atoms with Crippen molar-refractivity contribution in [2.75, 3.05) is 19.6 Å². The lowest BCUT2D eigenvalue weighted by Crippen LogP contribution is -2.35. The van der Waals surface area contributed by atoms with Crippen molar-refractivity contribution in [1.29, 1.82) is 0 Å². The van der Waals surface area contributed by atoms with E-state index in [0.29, 0.717) is 11.7 Å². The molecule has 2 nitrogen and oxygen atoms in total. The van der Waals surface area contributed by atoms with E-state index in [1.807, 2.05) is 0 Å². The highest BCUT2D eigenvalue weighted by Gasteiger charge is 2.30. The van der Waals surface area contributed by atoms with Crippen molar-refractivity contribution in [2.24, 2.45) is 5.92 Å². The predicted molar refractivity (Wildman–Crippen MR) is 75.6 cm³/mol. The minimum atomic E-state index is 0.302. The summed E-state index contributed by atoms with van der Waals surface area (Å²) in [6, 6.07) is 0. The number of nitrogens with zero attached hydrogens (tertiary/aromatic N) is 1. The topological polar surface area (TPSA) is 20.3 Å². The number of rotatable bonds is 5. The first-order chi connectivity index (χ1) is 8.81. The van der Waals surface area contributed by atoms with E-state index in [4.69, 9.17) is 0 Å². The summed E-state index contributed by atoms with van der Waals surface area (Å²) in [5, 5.41) is 0. The van der Waals surface area contributed by atoms with Crippen molar-refractivity contribution >= 4 is 5.78 Å². The minimum absolute atomic E-state index is 0.302. The molecule has 0 aromatic rings. The van der Waals surface area contributed by atoms with Crippen LogP contribution in [0, 0.1) is 5.92 Å². The lowest BCUT2D eigenvalue weighted by atomic mass is 10.0. The number of unbranched alkanes of at least 4 members (excludes halogenated alkanes) is 2. The molecule has 2 rings (SSSR count). The van der Waals surface area contributed by atoms with Crippen molar-refractivity contribution in [1.82, 2.24) is 4.90 Å². The van der Waals surface area contributed by atoms with Gasteiger partial charge in [-0.25, -0.2) is 0 Å². The lowest BCUT2D eigenvalue weighted by Gasteiger charge is -2.28. The number of allylic oxidation sites excluding steroid dienone is 2. The molecule has 2 aliphatic rings. The van der Waals surface area contributed by atoms with Crippen LogP contribution in [0.1, 0.15) is 58.3 Å². The van der Waals surface area contributed by atoms with Crippen LogP contribution in [0.4, 0.5) is 0 Å². The monoisotopic (exact) mass is 249 g/mol. The van der Waals surface area contributed by atoms with Crippen LogP contribution in [0.25, 0.3) is 0 Å². The van der Waals surface area contributed by atoms with Crippen LogP contribution in [0.5, 0.6) is 0 Å².